The van der Waals surface area contributed by atoms with E-state index in [1.165, 1.54) is 116 Å². The normalized spacial score (nSPS) is 13.5. The molecule has 0 unspecified atom stereocenters. The van der Waals surface area contributed by atoms with Gasteiger partial charge in [-0.2, -0.15) is 32.1 Å². The zero-order valence-electron chi connectivity index (χ0n) is 28.4. The first kappa shape index (κ1) is 84.2. The second kappa shape index (κ2) is 105. The molecule has 0 aliphatic heterocycles. The van der Waals surface area contributed by atoms with E-state index in [1.807, 2.05) is 27.7 Å². The molecule has 0 spiro atoms. The summed E-state index contributed by atoms with van der Waals surface area (Å²) in [5.41, 5.74) is 6.10. The minimum Gasteiger partial charge on any atom is -0.704 e. The zero-order chi connectivity index (χ0) is 24.3. The van der Waals surface area contributed by atoms with Gasteiger partial charge in [-0.1, -0.05) is 118 Å². The Bertz CT molecular complexity index is 162. The van der Waals surface area contributed by atoms with E-state index in [2.05, 4.69) is 26.7 Å². The van der Waals surface area contributed by atoms with Crippen LogP contribution in [0, 0.1) is 56.4 Å². The average molecular weight is 898 g/mol. The minimum atomic E-state index is 0. The average Bonchev–Trinajstić information content (AvgIpc) is 3.66. The summed E-state index contributed by atoms with van der Waals surface area (Å²) in [5.74, 6) is 0. The number of hydrogen-bond acceptors (Lipinski definition) is 1. The van der Waals surface area contributed by atoms with Crippen molar-refractivity contribution < 1.29 is 97.4 Å². The van der Waals surface area contributed by atoms with Crippen LogP contribution in [-0.2, 0) is 92.3 Å². The Hall–Kier alpha value is 2.82. The zero-order valence-corrected chi connectivity index (χ0v) is 36.3. The molecule has 0 amide bonds. The third-order valence-electron chi connectivity index (χ3n) is 4.79. The van der Waals surface area contributed by atoms with Gasteiger partial charge in [0.05, 0.1) is 0 Å². The summed E-state index contributed by atoms with van der Waals surface area (Å²) < 4.78 is 0. The maximum absolute atomic E-state index is 7.81. The van der Waals surface area contributed by atoms with Gasteiger partial charge in [-0.15, -0.1) is 0 Å². The summed E-state index contributed by atoms with van der Waals surface area (Å²) in [5, 5.41) is 7.81. The summed E-state index contributed by atoms with van der Waals surface area (Å²) in [7, 11) is 0. The topological polar surface area (TPSA) is 44.0 Å². The summed E-state index contributed by atoms with van der Waals surface area (Å²) in [4.78, 5) is 0. The Balaban J connectivity index is -0.0000000187. The Morgan fingerprint density at radius 2 is 0.675 bits per heavy atom. The molecular formula is C33H74Fe2NOV2W-. The van der Waals surface area contributed by atoms with E-state index in [-0.39, 0.29) is 135 Å². The van der Waals surface area contributed by atoms with Crippen molar-refractivity contribution in [2.75, 3.05) is 13.2 Å². The fourth-order valence-electron chi connectivity index (χ4n) is 3.21. The van der Waals surface area contributed by atoms with Crippen molar-refractivity contribution in [3.63, 3.8) is 0 Å². The van der Waals surface area contributed by atoms with Gasteiger partial charge in [0.25, 0.3) is 0 Å². The van der Waals surface area contributed by atoms with Crippen molar-refractivity contribution in [1.29, 1.82) is 0 Å². The molecule has 2 radical (unpaired) electrons. The van der Waals surface area contributed by atoms with E-state index in [9.17, 15) is 0 Å². The Morgan fingerprint density at radius 3 is 0.725 bits per heavy atom. The van der Waals surface area contributed by atoms with Gasteiger partial charge in [-0.05, 0) is 0 Å². The van der Waals surface area contributed by atoms with Gasteiger partial charge in [0.1, 0.15) is 0 Å². The molecule has 0 saturated heterocycles. The molecule has 7 heteroatoms. The van der Waals surface area contributed by atoms with Gasteiger partial charge in [0.15, 0.2) is 0 Å². The number of aliphatic hydroxyl groups excluding tert-OH is 1. The van der Waals surface area contributed by atoms with Gasteiger partial charge < -0.3 is 67.2 Å². The van der Waals surface area contributed by atoms with Crippen LogP contribution in [0.4, 0.5) is 0 Å². The van der Waals surface area contributed by atoms with E-state index in [0.29, 0.717) is 6.42 Å². The number of rotatable bonds is 1. The first-order valence-corrected chi connectivity index (χ1v) is 13.8. The minimum absolute atomic E-state index is 0. The smallest absolute Gasteiger partial charge is 0.704 e. The summed E-state index contributed by atoms with van der Waals surface area (Å²) in [6.45, 7) is 15.0. The summed E-state index contributed by atoms with van der Waals surface area (Å²) in [6, 6.07) is 0. The maximum Gasteiger partial charge on any atom is 2.00 e. The number of nitrogens with one attached hydrogen (secondary N) is 1. The molecule has 0 heterocycles. The molecule has 40 heavy (non-hydrogen) atoms. The third kappa shape index (κ3) is 114. The predicted octanol–water partition coefficient (Wildman–Crippen LogP) is 12.3. The first-order valence-electron chi connectivity index (χ1n) is 13.8. The molecule has 4 fully saturated rings. The van der Waals surface area contributed by atoms with Crippen LogP contribution >= 0.6 is 0 Å². The molecule has 250 valence electrons. The van der Waals surface area contributed by atoms with E-state index in [0.717, 1.165) is 0 Å². The molecule has 4 aliphatic rings. The van der Waals surface area contributed by atoms with Crippen LogP contribution in [0.2, 0.25) is 0 Å². The van der Waals surface area contributed by atoms with Crippen LogP contribution in [0.25, 0.3) is 5.73 Å². The van der Waals surface area contributed by atoms with Crippen LogP contribution in [0.3, 0.4) is 0 Å². The third-order valence-corrected chi connectivity index (χ3v) is 4.79. The second-order valence-corrected chi connectivity index (χ2v) is 7.51. The molecule has 0 atom stereocenters. The maximum atomic E-state index is 7.81. The van der Waals surface area contributed by atoms with Crippen molar-refractivity contribution in [2.45, 2.75) is 150 Å². The van der Waals surface area contributed by atoms with Crippen LogP contribution in [0.5, 0.6) is 0 Å². The van der Waals surface area contributed by atoms with E-state index in [1.54, 1.807) is 0 Å². The second-order valence-electron chi connectivity index (χ2n) is 7.51. The monoisotopic (exact) mass is 898 g/mol. The van der Waals surface area contributed by atoms with Crippen LogP contribution in [0.1, 0.15) is 150 Å². The molecule has 0 bridgehead atoms. The van der Waals surface area contributed by atoms with Crippen molar-refractivity contribution in [1.82, 2.24) is 0 Å². The molecule has 0 aromatic heterocycles. The Morgan fingerprint density at radius 1 is 0.550 bits per heavy atom. The molecule has 4 rings (SSSR count). The van der Waals surface area contributed by atoms with E-state index < -0.39 is 0 Å². The molecule has 0 aromatic rings. The van der Waals surface area contributed by atoms with Crippen LogP contribution in [-0.4, -0.2) is 18.3 Å². The molecule has 2 nitrogen and oxygen atoms in total. The first-order chi connectivity index (χ1) is 15.3. The van der Waals surface area contributed by atoms with Gasteiger partial charge in [-0.25, -0.2) is 0 Å². The van der Waals surface area contributed by atoms with Crippen molar-refractivity contribution in [3.8, 4) is 0 Å². The van der Waals surface area contributed by atoms with Crippen LogP contribution in [0.15, 0.2) is 0 Å². The largest absolute Gasteiger partial charge is 2.00 e. The van der Waals surface area contributed by atoms with Gasteiger partial charge in [0.2, 0.25) is 0 Å². The van der Waals surface area contributed by atoms with Crippen molar-refractivity contribution in [3.05, 3.63) is 62.1 Å². The van der Waals surface area contributed by atoms with Gasteiger partial charge in [-0.3, -0.25) is 6.54 Å². The van der Waals surface area contributed by atoms with E-state index in [4.69, 9.17) is 10.8 Å². The van der Waals surface area contributed by atoms with E-state index >= 15 is 0 Å². The standard InChI is InChI=1S/2C5H10.2C5H9.C3H7O.C2H5N.2C2H6.4CH3.2Fe.2V.W/c4*1-2-4-5-3-1;1-2-3-4;1-2-3;2*1-2;;;;;;;;;/h2*1-5H2;2*1H,2-5H2;4H,1-3H2;3H,1-2H2;2*1-2H3;4*1H3;;;;;/q;;3*-1;-2;;;4*-1;2*+2;;2*+2. The van der Waals surface area contributed by atoms with Crippen molar-refractivity contribution >= 4 is 0 Å². The molecule has 4 saturated carbocycles. The fourth-order valence-corrected chi connectivity index (χ4v) is 3.21. The summed E-state index contributed by atoms with van der Waals surface area (Å²) >= 11 is 0. The summed E-state index contributed by atoms with van der Waals surface area (Å²) in [6.07, 6.45) is 31.6. The number of aliphatic hydroxyl groups is 1. The molecule has 2 N–H and O–H groups in total. The molecule has 0 aromatic carbocycles. The quantitative estimate of drug-likeness (QED) is 0.207. The Kier molecular flexibility index (Phi) is 220. The van der Waals surface area contributed by atoms with Gasteiger partial charge >= 0.3 is 73.8 Å². The molecular weight excluding hydrogens is 824 g/mol. The van der Waals surface area contributed by atoms with Gasteiger partial charge in [0, 0.05) is 25.2 Å². The number of hydrogen-bond donors (Lipinski definition) is 1. The van der Waals surface area contributed by atoms with Crippen LogP contribution < -0.4 is 0 Å². The predicted molar refractivity (Wildman–Crippen MR) is 172 cm³/mol. The fraction of sp³-hybridized carbons (Fsp3) is 0.758. The SMILES string of the molecule is C1CCCC1.C1CCCC1.CC.CC.[CH-]1CCCC1.[CH-]1CCCC1.[CH2-]CCO.[CH2-]C[NH-].[CH3-].[CH3-].[CH3-].[CH3-].[Fe+2].[Fe+2].[V+2].[V].[W+2]. The molecule has 4 aliphatic carbocycles. The Labute approximate surface area is 319 Å². The van der Waals surface area contributed by atoms with Crippen molar-refractivity contribution in [2.24, 2.45) is 0 Å².